The number of aliphatic carboxylic acids is 1. The van der Waals surface area contributed by atoms with Gasteiger partial charge in [0, 0.05) is 29.6 Å². The van der Waals surface area contributed by atoms with Gasteiger partial charge in [-0.15, -0.1) is 0 Å². The van der Waals surface area contributed by atoms with Crippen molar-refractivity contribution in [2.45, 2.75) is 12.5 Å². The number of benzene rings is 2. The second-order valence-electron chi connectivity index (χ2n) is 5.79. The minimum atomic E-state index is -0.909. The molecule has 0 fully saturated rings. The van der Waals surface area contributed by atoms with E-state index in [1.165, 1.54) is 0 Å². The molecule has 6 nitrogen and oxygen atoms in total. The summed E-state index contributed by atoms with van der Waals surface area (Å²) < 4.78 is 5.43. The highest BCUT2D eigenvalue weighted by molar-refractivity contribution is 5.99. The molecule has 3 N–H and O–H groups in total. The molecule has 0 saturated carbocycles. The Labute approximate surface area is 138 Å². The number of hydrogen-bond donors (Lipinski definition) is 3. The Morgan fingerprint density at radius 3 is 2.79 bits per heavy atom. The van der Waals surface area contributed by atoms with Crippen molar-refractivity contribution in [3.63, 3.8) is 0 Å². The fourth-order valence-electron chi connectivity index (χ4n) is 3.28. The van der Waals surface area contributed by atoms with Crippen LogP contribution in [0.15, 0.2) is 36.4 Å². The molecule has 4 rings (SSSR count). The van der Waals surface area contributed by atoms with Crippen molar-refractivity contribution in [1.29, 1.82) is 0 Å². The molecule has 2 aromatic carbocycles. The fraction of sp³-hybridized carbons (Fsp3) is 0.222. The second kappa shape index (κ2) is 5.65. The number of imidazole rings is 1. The van der Waals surface area contributed by atoms with Crippen LogP contribution in [0.4, 0.5) is 0 Å². The van der Waals surface area contributed by atoms with Gasteiger partial charge in [-0.1, -0.05) is 24.3 Å². The molecule has 122 valence electrons. The summed E-state index contributed by atoms with van der Waals surface area (Å²) in [6.45, 7) is 0.620. The highest BCUT2D eigenvalue weighted by Crippen LogP contribution is 2.34. The first-order chi connectivity index (χ1) is 11.7. The van der Waals surface area contributed by atoms with E-state index in [0.717, 1.165) is 34.2 Å². The van der Waals surface area contributed by atoms with E-state index in [2.05, 4.69) is 15.3 Å². The van der Waals surface area contributed by atoms with Crippen LogP contribution in [0.25, 0.3) is 22.2 Å². The predicted octanol–water partition coefficient (Wildman–Crippen LogP) is 2.51. The Morgan fingerprint density at radius 1 is 1.25 bits per heavy atom. The summed E-state index contributed by atoms with van der Waals surface area (Å²) in [6.07, 6.45) is 0.736. The number of fused-ring (bicyclic) bond motifs is 2. The second-order valence-corrected chi connectivity index (χ2v) is 5.79. The van der Waals surface area contributed by atoms with Gasteiger partial charge in [0.2, 0.25) is 0 Å². The van der Waals surface area contributed by atoms with E-state index >= 15 is 0 Å². The normalized spacial score (nSPS) is 16.8. The van der Waals surface area contributed by atoms with Gasteiger partial charge in [0.05, 0.1) is 12.8 Å². The first-order valence-electron chi connectivity index (χ1n) is 7.80. The fourth-order valence-corrected chi connectivity index (χ4v) is 3.28. The van der Waals surface area contributed by atoms with Crippen LogP contribution in [-0.2, 0) is 11.2 Å². The topological polar surface area (TPSA) is 87.2 Å². The standard InChI is InChI=1S/C18H17N3O3/c1-24-14-7-6-12(10-4-2-3-5-11(10)14)17-20-13-8-9-19-16(18(22)23)15(13)21-17/h2-7,16,19H,8-9H2,1H3,(H,20,21)(H,22,23). The third-order valence-corrected chi connectivity index (χ3v) is 4.41. The maximum atomic E-state index is 11.4. The number of aromatic amines is 1. The van der Waals surface area contributed by atoms with Gasteiger partial charge in [0.15, 0.2) is 6.04 Å². The molecule has 24 heavy (non-hydrogen) atoms. The third-order valence-electron chi connectivity index (χ3n) is 4.41. The average molecular weight is 323 g/mol. The number of carboxylic acid groups (broad SMARTS) is 1. The van der Waals surface area contributed by atoms with Crippen LogP contribution in [-0.4, -0.2) is 34.7 Å². The molecule has 0 radical (unpaired) electrons. The Morgan fingerprint density at radius 2 is 2.04 bits per heavy atom. The van der Waals surface area contributed by atoms with Crippen LogP contribution in [0.5, 0.6) is 5.75 Å². The van der Waals surface area contributed by atoms with Crippen molar-refractivity contribution in [3.8, 4) is 17.1 Å². The Kier molecular flexibility index (Phi) is 3.46. The largest absolute Gasteiger partial charge is 0.496 e. The minimum Gasteiger partial charge on any atom is -0.496 e. The molecule has 6 heteroatoms. The lowest BCUT2D eigenvalue weighted by atomic mass is 10.0. The maximum Gasteiger partial charge on any atom is 0.327 e. The van der Waals surface area contributed by atoms with Gasteiger partial charge in [-0.05, 0) is 17.5 Å². The summed E-state index contributed by atoms with van der Waals surface area (Å²) in [5, 5.41) is 14.4. The number of carboxylic acids is 1. The number of rotatable bonds is 3. The number of methoxy groups -OCH3 is 1. The molecule has 0 aliphatic carbocycles. The summed E-state index contributed by atoms with van der Waals surface area (Å²) in [6, 6.07) is 11.1. The summed E-state index contributed by atoms with van der Waals surface area (Å²) in [5.74, 6) is 0.582. The molecule has 1 aromatic heterocycles. The molecule has 1 aliphatic rings. The van der Waals surface area contributed by atoms with Gasteiger partial charge >= 0.3 is 5.97 Å². The van der Waals surface area contributed by atoms with Gasteiger partial charge < -0.3 is 14.8 Å². The Balaban J connectivity index is 1.89. The van der Waals surface area contributed by atoms with E-state index in [0.29, 0.717) is 18.1 Å². The molecule has 1 aliphatic heterocycles. The van der Waals surface area contributed by atoms with Crippen molar-refractivity contribution in [1.82, 2.24) is 15.3 Å². The van der Waals surface area contributed by atoms with Gasteiger partial charge in [-0.25, -0.2) is 4.98 Å². The minimum absolute atomic E-state index is 0.573. The van der Waals surface area contributed by atoms with Crippen LogP contribution in [0, 0.1) is 0 Å². The Hall–Kier alpha value is -2.86. The molecule has 2 heterocycles. The van der Waals surface area contributed by atoms with Crippen LogP contribution in [0.1, 0.15) is 17.4 Å². The zero-order chi connectivity index (χ0) is 16.7. The zero-order valence-electron chi connectivity index (χ0n) is 13.2. The summed E-state index contributed by atoms with van der Waals surface area (Å²) >= 11 is 0. The van der Waals surface area contributed by atoms with Crippen molar-refractivity contribution >= 4 is 16.7 Å². The van der Waals surface area contributed by atoms with Gasteiger partial charge in [-0.2, -0.15) is 0 Å². The van der Waals surface area contributed by atoms with Crippen molar-refractivity contribution in [3.05, 3.63) is 47.8 Å². The summed E-state index contributed by atoms with van der Waals surface area (Å²) in [4.78, 5) is 19.3. The summed E-state index contributed by atoms with van der Waals surface area (Å²) in [7, 11) is 1.65. The van der Waals surface area contributed by atoms with E-state index in [9.17, 15) is 9.90 Å². The van der Waals surface area contributed by atoms with Crippen LogP contribution in [0.2, 0.25) is 0 Å². The monoisotopic (exact) mass is 323 g/mol. The lowest BCUT2D eigenvalue weighted by Crippen LogP contribution is -2.35. The molecular weight excluding hydrogens is 306 g/mol. The number of H-pyrrole nitrogens is 1. The highest BCUT2D eigenvalue weighted by Gasteiger charge is 2.29. The number of nitrogens with one attached hydrogen (secondary N) is 2. The third kappa shape index (κ3) is 2.23. The summed E-state index contributed by atoms with van der Waals surface area (Å²) in [5.41, 5.74) is 2.39. The van der Waals surface area contributed by atoms with Gasteiger partial charge in [-0.3, -0.25) is 10.1 Å². The smallest absolute Gasteiger partial charge is 0.327 e. The lowest BCUT2D eigenvalue weighted by Gasteiger charge is -2.18. The quantitative estimate of drug-likeness (QED) is 0.689. The molecule has 0 spiro atoms. The molecule has 0 bridgehead atoms. The number of aromatic nitrogens is 2. The van der Waals surface area contributed by atoms with Crippen molar-refractivity contribution in [2.24, 2.45) is 0 Å². The SMILES string of the molecule is COc1ccc(-c2nc3c([nH]2)CCNC3C(=O)O)c2ccccc12. The van der Waals surface area contributed by atoms with E-state index in [-0.39, 0.29) is 0 Å². The molecule has 0 saturated heterocycles. The predicted molar refractivity (Wildman–Crippen MR) is 90.2 cm³/mol. The molecule has 1 atom stereocenters. The van der Waals surface area contributed by atoms with E-state index in [4.69, 9.17) is 4.74 Å². The molecule has 3 aromatic rings. The maximum absolute atomic E-state index is 11.4. The van der Waals surface area contributed by atoms with Gasteiger partial charge in [0.25, 0.3) is 0 Å². The number of hydrogen-bond acceptors (Lipinski definition) is 4. The zero-order valence-corrected chi connectivity index (χ0v) is 13.2. The van der Waals surface area contributed by atoms with Crippen LogP contribution in [0.3, 0.4) is 0 Å². The molecule has 1 unspecified atom stereocenters. The first kappa shape index (κ1) is 14.7. The number of carbonyl (C=O) groups is 1. The lowest BCUT2D eigenvalue weighted by molar-refractivity contribution is -0.139. The van der Waals surface area contributed by atoms with Crippen LogP contribution < -0.4 is 10.1 Å². The average Bonchev–Trinajstić information content (AvgIpc) is 3.04. The first-order valence-corrected chi connectivity index (χ1v) is 7.80. The van der Waals surface area contributed by atoms with Crippen LogP contribution >= 0.6 is 0 Å². The number of nitrogens with zero attached hydrogens (tertiary/aromatic N) is 1. The molecule has 0 amide bonds. The van der Waals surface area contributed by atoms with E-state index in [1.807, 2.05) is 36.4 Å². The van der Waals surface area contributed by atoms with Crippen molar-refractivity contribution in [2.75, 3.05) is 13.7 Å². The highest BCUT2D eigenvalue weighted by atomic mass is 16.5. The van der Waals surface area contributed by atoms with E-state index in [1.54, 1.807) is 7.11 Å². The van der Waals surface area contributed by atoms with Gasteiger partial charge in [0.1, 0.15) is 11.6 Å². The van der Waals surface area contributed by atoms with Crippen molar-refractivity contribution < 1.29 is 14.6 Å². The Bertz CT molecular complexity index is 932. The number of ether oxygens (including phenoxy) is 1. The molecular formula is C18H17N3O3. The van der Waals surface area contributed by atoms with E-state index < -0.39 is 12.0 Å².